The lowest BCUT2D eigenvalue weighted by Crippen LogP contribution is -2.53. The summed E-state index contributed by atoms with van der Waals surface area (Å²) in [6.07, 6.45) is 6.21. The maximum absolute atomic E-state index is 14.4. The van der Waals surface area contributed by atoms with Gasteiger partial charge in [-0.2, -0.15) is 0 Å². The first-order valence-electron chi connectivity index (χ1n) is 13.4. The number of hydrogen-bond donors (Lipinski definition) is 0. The van der Waals surface area contributed by atoms with E-state index in [1.807, 2.05) is 31.3 Å². The van der Waals surface area contributed by atoms with Crippen molar-refractivity contribution in [1.82, 2.24) is 4.90 Å². The third-order valence-corrected chi connectivity index (χ3v) is 8.96. The molecule has 2 aromatic carbocycles. The van der Waals surface area contributed by atoms with Gasteiger partial charge in [0.1, 0.15) is 24.2 Å². The van der Waals surface area contributed by atoms with Crippen molar-refractivity contribution in [2.45, 2.75) is 62.2 Å². The molecule has 1 saturated carbocycles. The van der Waals surface area contributed by atoms with Crippen LogP contribution in [0.15, 0.2) is 60.4 Å². The van der Waals surface area contributed by atoms with Crippen LogP contribution < -0.4 is 4.74 Å². The Morgan fingerprint density at radius 3 is 2.53 bits per heavy atom. The molecule has 0 bridgehead atoms. The maximum Gasteiger partial charge on any atom is 0.269 e. The largest absolute Gasteiger partial charge is 0.492 e. The highest BCUT2D eigenvalue weighted by atomic mass is 16.8. The van der Waals surface area contributed by atoms with E-state index < -0.39 is 28.5 Å². The van der Waals surface area contributed by atoms with Gasteiger partial charge in [0.15, 0.2) is 11.6 Å². The molecule has 9 heteroatoms. The van der Waals surface area contributed by atoms with Crippen LogP contribution in [0.25, 0.3) is 0 Å². The van der Waals surface area contributed by atoms with E-state index in [-0.39, 0.29) is 30.1 Å². The number of benzene rings is 2. The number of rotatable bonds is 3. The summed E-state index contributed by atoms with van der Waals surface area (Å²) in [6.45, 7) is 0.725. The van der Waals surface area contributed by atoms with Crippen LogP contribution in [0.3, 0.4) is 0 Å². The quantitative estimate of drug-likeness (QED) is 0.430. The van der Waals surface area contributed by atoms with E-state index in [1.54, 1.807) is 18.2 Å². The van der Waals surface area contributed by atoms with Crippen LogP contribution >= 0.6 is 0 Å². The van der Waals surface area contributed by atoms with Crippen molar-refractivity contribution >= 4 is 11.5 Å². The summed E-state index contributed by atoms with van der Waals surface area (Å²) < 4.78 is 25.5. The molecule has 0 radical (unpaired) electrons. The van der Waals surface area contributed by atoms with Crippen LogP contribution in [0, 0.1) is 15.5 Å². The predicted molar refractivity (Wildman–Crippen MR) is 136 cm³/mol. The average Bonchev–Trinajstić information content (AvgIpc) is 3.54. The van der Waals surface area contributed by atoms with E-state index in [1.165, 1.54) is 18.6 Å². The number of hydrogen-bond acceptors (Lipinski definition) is 8. The zero-order chi connectivity index (χ0) is 26.1. The van der Waals surface area contributed by atoms with Crippen LogP contribution in [0.1, 0.15) is 53.9 Å². The van der Waals surface area contributed by atoms with E-state index in [2.05, 4.69) is 4.90 Å². The lowest BCUT2D eigenvalue weighted by Gasteiger charge is -2.42. The molecule has 7 rings (SSSR count). The molecule has 5 aliphatic rings. The number of nitro groups is 1. The number of para-hydroxylation sites is 1. The monoisotopic (exact) mass is 518 g/mol. The average molecular weight is 519 g/mol. The lowest BCUT2D eigenvalue weighted by molar-refractivity contribution is -0.384. The smallest absolute Gasteiger partial charge is 0.269 e. The molecule has 2 aromatic rings. The van der Waals surface area contributed by atoms with Crippen LogP contribution in [0.2, 0.25) is 0 Å². The van der Waals surface area contributed by atoms with Crippen molar-refractivity contribution < 1.29 is 28.7 Å². The number of carbonyl (C=O) groups excluding carboxylic acids is 1. The number of Topliss-reactive ketones (excluding diaryl/α,β-unsaturated/α-hetero) is 1. The van der Waals surface area contributed by atoms with Gasteiger partial charge >= 0.3 is 0 Å². The van der Waals surface area contributed by atoms with Gasteiger partial charge in [-0.1, -0.05) is 30.7 Å². The number of fused-ring (bicyclic) bond motifs is 2. The molecule has 4 aliphatic heterocycles. The molecule has 0 N–H and O–H groups in total. The Morgan fingerprint density at radius 1 is 1.03 bits per heavy atom. The lowest BCUT2D eigenvalue weighted by atomic mass is 9.65. The van der Waals surface area contributed by atoms with Crippen LogP contribution in [0.4, 0.5) is 5.69 Å². The van der Waals surface area contributed by atoms with Gasteiger partial charge < -0.3 is 18.9 Å². The Bertz CT molecular complexity index is 1320. The minimum atomic E-state index is -0.994. The van der Waals surface area contributed by atoms with Crippen molar-refractivity contribution in [2.24, 2.45) is 5.41 Å². The third-order valence-electron chi connectivity index (χ3n) is 8.96. The van der Waals surface area contributed by atoms with Crippen LogP contribution in [-0.2, 0) is 14.2 Å². The Hall–Kier alpha value is -3.27. The molecule has 3 fully saturated rings. The highest BCUT2D eigenvalue weighted by Crippen LogP contribution is 2.56. The fourth-order valence-electron chi connectivity index (χ4n) is 7.23. The first kappa shape index (κ1) is 23.8. The van der Waals surface area contributed by atoms with Gasteiger partial charge in [0.05, 0.1) is 21.9 Å². The Labute approximate surface area is 220 Å². The Morgan fingerprint density at radius 2 is 1.79 bits per heavy atom. The zero-order valence-electron chi connectivity index (χ0n) is 21.2. The maximum atomic E-state index is 14.4. The second-order valence-corrected chi connectivity index (χ2v) is 11.1. The van der Waals surface area contributed by atoms with E-state index in [0.29, 0.717) is 23.6 Å². The van der Waals surface area contributed by atoms with Crippen molar-refractivity contribution in [2.75, 3.05) is 20.2 Å². The summed E-state index contributed by atoms with van der Waals surface area (Å²) in [5.41, 5.74) is 0.418. The first-order chi connectivity index (χ1) is 18.4. The minimum absolute atomic E-state index is 0.0100. The van der Waals surface area contributed by atoms with E-state index in [0.717, 1.165) is 31.2 Å². The SMILES string of the molecule is CN1C[C@H](c2ccc([N+](=O)[O-])cc2)[C@@]2(COc3ccccc3C2=O)[C@H]1C1=C[C@@H]2OC3(CCCCC3)O[C@@H]2O1. The summed E-state index contributed by atoms with van der Waals surface area (Å²) in [5, 5.41) is 11.3. The molecule has 0 unspecified atom stereocenters. The van der Waals surface area contributed by atoms with Gasteiger partial charge in [-0.15, -0.1) is 0 Å². The van der Waals surface area contributed by atoms with E-state index in [9.17, 15) is 14.9 Å². The van der Waals surface area contributed by atoms with Crippen LogP contribution in [-0.4, -0.2) is 60.0 Å². The number of ether oxygens (including phenoxy) is 4. The number of carbonyl (C=O) groups is 1. The van der Waals surface area contributed by atoms with Crippen molar-refractivity contribution in [3.8, 4) is 5.75 Å². The normalized spacial score (nSPS) is 33.5. The number of nitro benzene ring substituents is 1. The summed E-state index contributed by atoms with van der Waals surface area (Å²) >= 11 is 0. The summed E-state index contributed by atoms with van der Waals surface area (Å²) in [7, 11) is 1.98. The van der Waals surface area contributed by atoms with Gasteiger partial charge in [-0.25, -0.2) is 0 Å². The van der Waals surface area contributed by atoms with E-state index >= 15 is 0 Å². The zero-order valence-corrected chi connectivity index (χ0v) is 21.2. The molecule has 0 amide bonds. The predicted octanol–water partition coefficient (Wildman–Crippen LogP) is 4.57. The standard InChI is InChI=1S/C29H30N2O7/c1-30-16-21(18-9-11-19(12-10-18)31(33)34)29(17-35-22-8-4-3-7-20(22)26(29)32)25(30)23-15-24-27(36-23)38-28(37-24)13-5-2-6-14-28/h3-4,7-12,15,21,24-25,27H,2,5-6,13-14,16-17H2,1H3/t21-,24+,25-,27+,29+/m1/s1. The van der Waals surface area contributed by atoms with E-state index in [4.69, 9.17) is 18.9 Å². The number of non-ortho nitro benzene ring substituents is 1. The van der Waals surface area contributed by atoms with Crippen molar-refractivity contribution in [1.29, 1.82) is 0 Å². The number of likely N-dealkylation sites (tertiary alicyclic amines) is 1. The summed E-state index contributed by atoms with van der Waals surface area (Å²) in [5.74, 6) is 0.385. The second-order valence-electron chi connectivity index (χ2n) is 11.1. The number of nitrogens with zero attached hydrogens (tertiary/aromatic N) is 2. The Balaban J connectivity index is 1.28. The fraction of sp³-hybridized carbons (Fsp3) is 0.483. The molecule has 2 spiro atoms. The molecular formula is C29H30N2O7. The topological polar surface area (TPSA) is 100 Å². The molecule has 9 nitrogen and oxygen atoms in total. The molecule has 5 atom stereocenters. The molecule has 0 aromatic heterocycles. The molecular weight excluding hydrogens is 488 g/mol. The highest BCUT2D eigenvalue weighted by molar-refractivity contribution is 6.05. The number of ketones is 1. The molecule has 198 valence electrons. The van der Waals surface area contributed by atoms with Crippen LogP contribution in [0.5, 0.6) is 5.75 Å². The highest BCUT2D eigenvalue weighted by Gasteiger charge is 2.64. The molecule has 38 heavy (non-hydrogen) atoms. The molecule has 1 aliphatic carbocycles. The Kier molecular flexibility index (Phi) is 5.41. The number of likely N-dealkylation sites (N-methyl/N-ethyl adjacent to an activating group) is 1. The van der Waals surface area contributed by atoms with Gasteiger partial charge in [0, 0.05) is 37.4 Å². The van der Waals surface area contributed by atoms with Crippen molar-refractivity contribution in [3.05, 3.63) is 81.6 Å². The van der Waals surface area contributed by atoms with Gasteiger partial charge in [0.2, 0.25) is 6.29 Å². The summed E-state index contributed by atoms with van der Waals surface area (Å²) in [4.78, 5) is 27.4. The van der Waals surface area contributed by atoms with Gasteiger partial charge in [-0.05, 0) is 43.7 Å². The fourth-order valence-corrected chi connectivity index (χ4v) is 7.23. The van der Waals surface area contributed by atoms with Gasteiger partial charge in [0.25, 0.3) is 5.69 Å². The first-order valence-corrected chi connectivity index (χ1v) is 13.4. The molecule has 2 saturated heterocycles. The third kappa shape index (κ3) is 3.45. The minimum Gasteiger partial charge on any atom is -0.492 e. The molecule has 4 heterocycles. The second kappa shape index (κ2) is 8.62. The summed E-state index contributed by atoms with van der Waals surface area (Å²) in [6, 6.07) is 13.4. The van der Waals surface area contributed by atoms with Gasteiger partial charge in [-0.3, -0.25) is 19.8 Å². The van der Waals surface area contributed by atoms with Crippen molar-refractivity contribution in [3.63, 3.8) is 0 Å².